The largest absolute Gasteiger partial charge is 0.436 e. The number of carbonyl (C=O) groups excluding carboxylic acids is 1. The van der Waals surface area contributed by atoms with Crippen molar-refractivity contribution in [2.45, 2.75) is 6.92 Å². The molecular weight excluding hydrogens is 494 g/mol. The molecule has 5 rings (SSSR count). The summed E-state index contributed by atoms with van der Waals surface area (Å²) >= 11 is 5.36. The summed E-state index contributed by atoms with van der Waals surface area (Å²) in [4.78, 5) is 30.5. The lowest BCUT2D eigenvalue weighted by molar-refractivity contribution is -0.384. The van der Waals surface area contributed by atoms with Crippen molar-refractivity contribution in [3.8, 4) is 11.5 Å². The molecule has 1 fully saturated rings. The number of ether oxygens (including phenoxy) is 1. The number of aryl methyl sites for hydroxylation is 1. The number of fused-ring (bicyclic) bond motifs is 1. The Kier molecular flexibility index (Phi) is 6.80. The predicted molar refractivity (Wildman–Crippen MR) is 144 cm³/mol. The summed E-state index contributed by atoms with van der Waals surface area (Å²) in [5, 5.41) is 17.0. The fourth-order valence-electron chi connectivity index (χ4n) is 4.17. The molecule has 4 aromatic rings. The molecule has 188 valence electrons. The van der Waals surface area contributed by atoms with Gasteiger partial charge >= 0.3 is 0 Å². The van der Waals surface area contributed by atoms with Crippen LogP contribution in [0.1, 0.15) is 15.9 Å². The van der Waals surface area contributed by atoms with Crippen molar-refractivity contribution in [2.24, 2.45) is 0 Å². The van der Waals surface area contributed by atoms with Crippen molar-refractivity contribution < 1.29 is 18.9 Å². The molecule has 10 nitrogen and oxygen atoms in total. The number of nitrogens with zero attached hydrogens (tertiary/aromatic N) is 3. The van der Waals surface area contributed by atoms with Crippen LogP contribution in [-0.2, 0) is 4.74 Å². The third kappa shape index (κ3) is 5.27. The van der Waals surface area contributed by atoms with Crippen LogP contribution in [0.5, 0.6) is 0 Å². The summed E-state index contributed by atoms with van der Waals surface area (Å²) in [6, 6.07) is 17.4. The highest BCUT2D eigenvalue weighted by atomic mass is 32.1. The van der Waals surface area contributed by atoms with E-state index in [2.05, 4.69) is 15.6 Å². The Balaban J connectivity index is 1.34. The lowest BCUT2D eigenvalue weighted by Gasteiger charge is -2.30. The first-order valence-electron chi connectivity index (χ1n) is 11.6. The highest BCUT2D eigenvalue weighted by molar-refractivity contribution is 7.80. The molecule has 0 saturated carbocycles. The van der Waals surface area contributed by atoms with Gasteiger partial charge in [0.15, 0.2) is 10.7 Å². The zero-order valence-corrected chi connectivity index (χ0v) is 20.7. The van der Waals surface area contributed by atoms with Gasteiger partial charge in [-0.25, -0.2) is 4.98 Å². The summed E-state index contributed by atoms with van der Waals surface area (Å²) in [7, 11) is 0. The average molecular weight is 518 g/mol. The van der Waals surface area contributed by atoms with E-state index >= 15 is 0 Å². The third-order valence-corrected chi connectivity index (χ3v) is 6.24. The fraction of sp³-hybridized carbons (Fsp3) is 0.192. The zero-order chi connectivity index (χ0) is 25.9. The summed E-state index contributed by atoms with van der Waals surface area (Å²) in [6.45, 7) is 4.15. The molecule has 0 atom stereocenters. The summed E-state index contributed by atoms with van der Waals surface area (Å²) in [5.41, 5.74) is 4.38. The number of oxazole rings is 1. The van der Waals surface area contributed by atoms with E-state index in [4.69, 9.17) is 21.4 Å². The standard InChI is InChI=1S/C26H23N5O5S/c1-16-4-2-3-5-19(16)25-28-21-14-17(6-9-23(21)36-25)27-26(37)29-24(32)20-15-18(31(33)34)7-8-22(20)30-10-12-35-13-11-30/h2-9,14-15H,10-13H2,1H3,(H2,27,29,32,37). The van der Waals surface area contributed by atoms with E-state index in [1.807, 2.05) is 36.1 Å². The van der Waals surface area contributed by atoms with Gasteiger partial charge in [0, 0.05) is 36.5 Å². The number of hydrogen-bond acceptors (Lipinski definition) is 8. The van der Waals surface area contributed by atoms with Gasteiger partial charge in [0.05, 0.1) is 29.4 Å². The Morgan fingerprint density at radius 2 is 1.89 bits per heavy atom. The van der Waals surface area contributed by atoms with Crippen molar-refractivity contribution in [2.75, 3.05) is 36.5 Å². The second-order valence-electron chi connectivity index (χ2n) is 8.48. The van der Waals surface area contributed by atoms with Crippen molar-refractivity contribution in [1.82, 2.24) is 10.3 Å². The molecule has 1 aromatic heterocycles. The quantitative estimate of drug-likeness (QED) is 0.221. The molecule has 3 aromatic carbocycles. The van der Waals surface area contributed by atoms with E-state index in [0.29, 0.717) is 54.7 Å². The van der Waals surface area contributed by atoms with Crippen molar-refractivity contribution in [3.63, 3.8) is 0 Å². The Morgan fingerprint density at radius 1 is 1.11 bits per heavy atom. The minimum atomic E-state index is -0.549. The number of nitro groups is 1. The number of thiocarbonyl (C=S) groups is 1. The molecule has 1 saturated heterocycles. The highest BCUT2D eigenvalue weighted by Crippen LogP contribution is 2.29. The maximum atomic E-state index is 13.1. The lowest BCUT2D eigenvalue weighted by Crippen LogP contribution is -2.39. The molecule has 0 bridgehead atoms. The topological polar surface area (TPSA) is 123 Å². The normalized spacial score (nSPS) is 13.4. The Hall–Kier alpha value is -4.35. The van der Waals surface area contributed by atoms with Crippen molar-refractivity contribution in [1.29, 1.82) is 0 Å². The maximum absolute atomic E-state index is 13.1. The van der Waals surface area contributed by atoms with E-state index in [1.54, 1.807) is 24.3 Å². The summed E-state index contributed by atoms with van der Waals surface area (Å²) in [6.07, 6.45) is 0. The number of benzene rings is 3. The first kappa shape index (κ1) is 24.3. The molecular formula is C26H23N5O5S. The van der Waals surface area contributed by atoms with E-state index < -0.39 is 10.8 Å². The Bertz CT molecular complexity index is 1510. The number of non-ortho nitro benzene ring substituents is 1. The molecule has 37 heavy (non-hydrogen) atoms. The van der Waals surface area contributed by atoms with Crippen LogP contribution in [0.15, 0.2) is 65.1 Å². The minimum absolute atomic E-state index is 0.0476. The summed E-state index contributed by atoms with van der Waals surface area (Å²) < 4.78 is 11.3. The van der Waals surface area contributed by atoms with Crippen molar-refractivity contribution >= 4 is 51.4 Å². The van der Waals surface area contributed by atoms with Crippen LogP contribution >= 0.6 is 12.2 Å². The molecule has 2 heterocycles. The number of nitro benzene ring substituents is 1. The molecule has 1 aliphatic rings. The van der Waals surface area contributed by atoms with Crippen molar-refractivity contribution in [3.05, 3.63) is 81.9 Å². The van der Waals surface area contributed by atoms with Crippen LogP contribution in [0.4, 0.5) is 17.1 Å². The predicted octanol–water partition coefficient (Wildman–Crippen LogP) is 4.67. The van der Waals surface area contributed by atoms with E-state index in [0.717, 1.165) is 11.1 Å². The number of nitrogens with one attached hydrogen (secondary N) is 2. The van der Waals surface area contributed by atoms with Gasteiger partial charge in [0.25, 0.3) is 11.6 Å². The first-order valence-corrected chi connectivity index (χ1v) is 12.0. The number of carbonyl (C=O) groups is 1. The van der Waals surface area contributed by atoms with E-state index in [-0.39, 0.29) is 16.4 Å². The van der Waals surface area contributed by atoms with Crippen LogP contribution in [0.3, 0.4) is 0 Å². The molecule has 2 N–H and O–H groups in total. The SMILES string of the molecule is Cc1ccccc1-c1nc2cc(NC(=S)NC(=O)c3cc([N+](=O)[O-])ccc3N3CCOCC3)ccc2o1. The Morgan fingerprint density at radius 3 is 2.65 bits per heavy atom. The summed E-state index contributed by atoms with van der Waals surface area (Å²) in [5.74, 6) is -0.0329. The smallest absolute Gasteiger partial charge is 0.270 e. The number of rotatable bonds is 5. The lowest BCUT2D eigenvalue weighted by atomic mass is 10.1. The van der Waals surface area contributed by atoms with Crippen LogP contribution in [0, 0.1) is 17.0 Å². The van der Waals surface area contributed by atoms with Gasteiger partial charge in [-0.2, -0.15) is 0 Å². The molecule has 0 spiro atoms. The molecule has 1 aliphatic heterocycles. The second-order valence-corrected chi connectivity index (χ2v) is 8.89. The Labute approximate surface area is 217 Å². The van der Waals surface area contributed by atoms with Crippen LogP contribution in [-0.4, -0.2) is 47.2 Å². The second kappa shape index (κ2) is 10.3. The fourth-order valence-corrected chi connectivity index (χ4v) is 4.38. The van der Waals surface area contributed by atoms with Gasteiger partial charge in [-0.05, 0) is 55.0 Å². The van der Waals surface area contributed by atoms with Gasteiger partial charge in [0.2, 0.25) is 5.89 Å². The van der Waals surface area contributed by atoms with Gasteiger partial charge < -0.3 is 19.4 Å². The molecule has 0 radical (unpaired) electrons. The van der Waals surface area contributed by atoms with Crippen LogP contribution in [0.25, 0.3) is 22.6 Å². The molecule has 0 unspecified atom stereocenters. The zero-order valence-electron chi connectivity index (χ0n) is 19.9. The van der Waals surface area contributed by atoms with Crippen LogP contribution in [0.2, 0.25) is 0 Å². The van der Waals surface area contributed by atoms with Gasteiger partial charge in [-0.15, -0.1) is 0 Å². The minimum Gasteiger partial charge on any atom is -0.436 e. The van der Waals surface area contributed by atoms with Gasteiger partial charge in [-0.3, -0.25) is 20.2 Å². The maximum Gasteiger partial charge on any atom is 0.270 e. The number of aromatic nitrogens is 1. The number of morpholine rings is 1. The number of hydrogen-bond donors (Lipinski definition) is 2. The third-order valence-electron chi connectivity index (χ3n) is 6.04. The van der Waals surface area contributed by atoms with Gasteiger partial charge in [-0.1, -0.05) is 18.2 Å². The number of amides is 1. The molecule has 0 aliphatic carbocycles. The average Bonchev–Trinajstić information content (AvgIpc) is 3.32. The highest BCUT2D eigenvalue weighted by Gasteiger charge is 2.23. The van der Waals surface area contributed by atoms with E-state index in [1.165, 1.54) is 12.1 Å². The monoisotopic (exact) mass is 517 g/mol. The van der Waals surface area contributed by atoms with Crippen LogP contribution < -0.4 is 15.5 Å². The number of anilines is 2. The molecule has 1 amide bonds. The molecule has 11 heteroatoms. The van der Waals surface area contributed by atoms with E-state index in [9.17, 15) is 14.9 Å². The van der Waals surface area contributed by atoms with Gasteiger partial charge in [0.1, 0.15) is 5.52 Å². The first-order chi connectivity index (χ1) is 17.9.